The molecule has 3 atom stereocenters. The molecule has 1 heterocycles. The molecule has 1 aliphatic heterocycles. The van der Waals surface area contributed by atoms with Crippen molar-refractivity contribution in [1.82, 2.24) is 0 Å². The predicted molar refractivity (Wildman–Crippen MR) is 64.3 cm³/mol. The van der Waals surface area contributed by atoms with E-state index in [-0.39, 0.29) is 5.60 Å². The molecule has 0 spiro atoms. The second-order valence-electron chi connectivity index (χ2n) is 5.51. The largest absolute Gasteiger partial charge is 0.378 e. The summed E-state index contributed by atoms with van der Waals surface area (Å²) in [6.45, 7) is 4.71. The van der Waals surface area contributed by atoms with Crippen LogP contribution < -0.4 is 5.73 Å². The summed E-state index contributed by atoms with van der Waals surface area (Å²) in [5.74, 6) is 0.770. The van der Waals surface area contributed by atoms with Crippen LogP contribution in [0.5, 0.6) is 0 Å². The van der Waals surface area contributed by atoms with Crippen LogP contribution in [0.15, 0.2) is 0 Å². The third-order valence-corrected chi connectivity index (χ3v) is 4.06. The zero-order chi connectivity index (χ0) is 11.4. The smallest absolute Gasteiger partial charge is 0.0806 e. The molecule has 0 aromatic heterocycles. The number of hydrogen-bond acceptors (Lipinski definition) is 3. The van der Waals surface area contributed by atoms with Gasteiger partial charge in [-0.3, -0.25) is 0 Å². The van der Waals surface area contributed by atoms with E-state index in [1.54, 1.807) is 0 Å². The second-order valence-corrected chi connectivity index (χ2v) is 5.51. The average Bonchev–Trinajstić information content (AvgIpc) is 2.89. The molecule has 2 fully saturated rings. The Morgan fingerprint density at radius 1 is 1.44 bits per heavy atom. The molecular formula is C13H25NO2. The molecule has 94 valence electrons. The van der Waals surface area contributed by atoms with E-state index in [9.17, 15) is 0 Å². The molecule has 1 saturated carbocycles. The summed E-state index contributed by atoms with van der Waals surface area (Å²) in [6, 6.07) is 0. The molecule has 0 bridgehead atoms. The summed E-state index contributed by atoms with van der Waals surface area (Å²) in [7, 11) is 0. The average molecular weight is 227 g/mol. The van der Waals surface area contributed by atoms with Crippen molar-refractivity contribution in [1.29, 1.82) is 0 Å². The molecule has 0 amide bonds. The van der Waals surface area contributed by atoms with E-state index in [1.165, 1.54) is 19.3 Å². The summed E-state index contributed by atoms with van der Waals surface area (Å²) in [5, 5.41) is 0. The molecule has 3 nitrogen and oxygen atoms in total. The molecule has 2 rings (SSSR count). The SMILES string of the molecule is CC1CCC(CN)(OCCC2CCCO2)C1. The van der Waals surface area contributed by atoms with Gasteiger partial charge in [0.1, 0.15) is 0 Å². The monoisotopic (exact) mass is 227 g/mol. The minimum atomic E-state index is -0.0159. The lowest BCUT2D eigenvalue weighted by atomic mass is 10.0. The number of hydrogen-bond donors (Lipinski definition) is 1. The van der Waals surface area contributed by atoms with E-state index in [1.807, 2.05) is 0 Å². The zero-order valence-electron chi connectivity index (χ0n) is 10.4. The first-order valence-electron chi connectivity index (χ1n) is 6.70. The lowest BCUT2D eigenvalue weighted by Crippen LogP contribution is -2.39. The van der Waals surface area contributed by atoms with E-state index < -0.39 is 0 Å². The Morgan fingerprint density at radius 2 is 2.31 bits per heavy atom. The van der Waals surface area contributed by atoms with Gasteiger partial charge in [0.25, 0.3) is 0 Å². The summed E-state index contributed by atoms with van der Waals surface area (Å²) < 4.78 is 11.7. The van der Waals surface area contributed by atoms with Crippen LogP contribution in [0.2, 0.25) is 0 Å². The molecule has 3 unspecified atom stereocenters. The van der Waals surface area contributed by atoms with Gasteiger partial charge in [-0.1, -0.05) is 6.92 Å². The molecule has 1 aliphatic carbocycles. The minimum absolute atomic E-state index is 0.0159. The molecule has 0 aromatic rings. The molecule has 16 heavy (non-hydrogen) atoms. The van der Waals surface area contributed by atoms with Gasteiger partial charge in [0.15, 0.2) is 0 Å². The van der Waals surface area contributed by atoms with Crippen molar-refractivity contribution in [2.24, 2.45) is 11.7 Å². The summed E-state index contributed by atoms with van der Waals surface area (Å²) in [4.78, 5) is 0. The first kappa shape index (κ1) is 12.3. The van der Waals surface area contributed by atoms with Crippen molar-refractivity contribution < 1.29 is 9.47 Å². The van der Waals surface area contributed by atoms with Gasteiger partial charge in [-0.25, -0.2) is 0 Å². The molecule has 3 heteroatoms. The fourth-order valence-electron chi connectivity index (χ4n) is 3.00. The van der Waals surface area contributed by atoms with Gasteiger partial charge in [-0.2, -0.15) is 0 Å². The quantitative estimate of drug-likeness (QED) is 0.782. The Labute approximate surface area is 98.7 Å². The number of ether oxygens (including phenoxy) is 2. The number of rotatable bonds is 5. The Morgan fingerprint density at radius 3 is 2.88 bits per heavy atom. The summed E-state index contributed by atoms with van der Waals surface area (Å²) in [5.41, 5.74) is 5.85. The van der Waals surface area contributed by atoms with Crippen LogP contribution in [-0.2, 0) is 9.47 Å². The van der Waals surface area contributed by atoms with Crippen LogP contribution >= 0.6 is 0 Å². The second kappa shape index (κ2) is 5.48. The van der Waals surface area contributed by atoms with Crippen LogP contribution in [0.4, 0.5) is 0 Å². The molecule has 1 saturated heterocycles. The van der Waals surface area contributed by atoms with E-state index in [2.05, 4.69) is 6.92 Å². The van der Waals surface area contributed by atoms with Crippen molar-refractivity contribution in [3.8, 4) is 0 Å². The van der Waals surface area contributed by atoms with Crippen molar-refractivity contribution in [2.45, 2.75) is 57.2 Å². The maximum atomic E-state index is 6.07. The van der Waals surface area contributed by atoms with Gasteiger partial charge in [-0.15, -0.1) is 0 Å². The predicted octanol–water partition coefficient (Wildman–Crippen LogP) is 2.09. The van der Waals surface area contributed by atoms with E-state index in [0.29, 0.717) is 12.6 Å². The van der Waals surface area contributed by atoms with Gasteiger partial charge in [-0.05, 0) is 44.4 Å². The highest BCUT2D eigenvalue weighted by Gasteiger charge is 2.37. The van der Waals surface area contributed by atoms with Crippen LogP contribution in [0.3, 0.4) is 0 Å². The first-order valence-corrected chi connectivity index (χ1v) is 6.70. The standard InChI is InChI=1S/C13H25NO2/c1-11-4-6-13(9-11,10-14)16-8-5-12-3-2-7-15-12/h11-12H,2-10,14H2,1H3. The highest BCUT2D eigenvalue weighted by Crippen LogP contribution is 2.36. The number of nitrogens with two attached hydrogens (primary N) is 1. The van der Waals surface area contributed by atoms with Crippen molar-refractivity contribution in [3.63, 3.8) is 0 Å². The van der Waals surface area contributed by atoms with Crippen LogP contribution in [0.25, 0.3) is 0 Å². The third-order valence-electron chi connectivity index (χ3n) is 4.06. The van der Waals surface area contributed by atoms with Gasteiger partial charge < -0.3 is 15.2 Å². The lowest BCUT2D eigenvalue weighted by molar-refractivity contribution is -0.0493. The Kier molecular flexibility index (Phi) is 4.22. The van der Waals surface area contributed by atoms with Gasteiger partial charge >= 0.3 is 0 Å². The van der Waals surface area contributed by atoms with Gasteiger partial charge in [0.05, 0.1) is 11.7 Å². The van der Waals surface area contributed by atoms with Crippen molar-refractivity contribution >= 4 is 0 Å². The van der Waals surface area contributed by atoms with Crippen LogP contribution in [0.1, 0.15) is 45.4 Å². The maximum Gasteiger partial charge on any atom is 0.0806 e. The molecule has 0 radical (unpaired) electrons. The van der Waals surface area contributed by atoms with Crippen molar-refractivity contribution in [3.05, 3.63) is 0 Å². The highest BCUT2D eigenvalue weighted by atomic mass is 16.5. The maximum absolute atomic E-state index is 6.07. The zero-order valence-corrected chi connectivity index (χ0v) is 10.4. The van der Waals surface area contributed by atoms with Crippen LogP contribution in [0, 0.1) is 5.92 Å². The summed E-state index contributed by atoms with van der Waals surface area (Å²) >= 11 is 0. The Bertz CT molecular complexity index is 216. The van der Waals surface area contributed by atoms with Crippen molar-refractivity contribution in [2.75, 3.05) is 19.8 Å². The van der Waals surface area contributed by atoms with Gasteiger partial charge in [0.2, 0.25) is 0 Å². The third kappa shape index (κ3) is 2.96. The lowest BCUT2D eigenvalue weighted by Gasteiger charge is -2.28. The van der Waals surface area contributed by atoms with Gasteiger partial charge in [0, 0.05) is 19.8 Å². The molecule has 0 aromatic carbocycles. The first-order chi connectivity index (χ1) is 7.74. The van der Waals surface area contributed by atoms with Crippen LogP contribution in [-0.4, -0.2) is 31.5 Å². The fourth-order valence-corrected chi connectivity index (χ4v) is 3.00. The minimum Gasteiger partial charge on any atom is -0.378 e. The highest BCUT2D eigenvalue weighted by molar-refractivity contribution is 4.90. The topological polar surface area (TPSA) is 44.5 Å². The summed E-state index contributed by atoms with van der Waals surface area (Å²) in [6.07, 6.45) is 7.42. The fraction of sp³-hybridized carbons (Fsp3) is 1.00. The molecule has 2 N–H and O–H groups in total. The normalized spacial score (nSPS) is 39.4. The van der Waals surface area contributed by atoms with E-state index in [0.717, 1.165) is 38.4 Å². The molecule has 2 aliphatic rings. The van der Waals surface area contributed by atoms with E-state index in [4.69, 9.17) is 15.2 Å². The molecular weight excluding hydrogens is 202 g/mol. The Balaban J connectivity index is 1.70. The van der Waals surface area contributed by atoms with E-state index >= 15 is 0 Å². The Hall–Kier alpha value is -0.120.